The minimum Gasteiger partial charge on any atom is -0.481 e. The predicted molar refractivity (Wildman–Crippen MR) is 108 cm³/mol. The van der Waals surface area contributed by atoms with Crippen LogP contribution in [0.1, 0.15) is 63.8 Å². The van der Waals surface area contributed by atoms with Gasteiger partial charge in [0.1, 0.15) is 5.75 Å². The van der Waals surface area contributed by atoms with Crippen LogP contribution in [0.4, 0.5) is 0 Å². The van der Waals surface area contributed by atoms with Crippen LogP contribution in [-0.2, 0) is 10.2 Å². The molecule has 0 saturated carbocycles. The molecule has 0 bridgehead atoms. The second-order valence-corrected chi connectivity index (χ2v) is 7.93. The van der Waals surface area contributed by atoms with Crippen molar-refractivity contribution in [1.82, 2.24) is 5.32 Å². The Balaban J connectivity index is 2.02. The van der Waals surface area contributed by atoms with Crippen molar-refractivity contribution >= 4 is 5.91 Å². The predicted octanol–water partition coefficient (Wildman–Crippen LogP) is 5.33. The summed E-state index contributed by atoms with van der Waals surface area (Å²) < 4.78 is 5.89. The molecule has 0 aliphatic rings. The van der Waals surface area contributed by atoms with Crippen molar-refractivity contribution in [1.29, 1.82) is 0 Å². The molecule has 1 N–H and O–H groups in total. The van der Waals surface area contributed by atoms with Crippen LogP contribution in [0.2, 0.25) is 0 Å². The number of amides is 1. The summed E-state index contributed by atoms with van der Waals surface area (Å²) >= 11 is 0. The summed E-state index contributed by atoms with van der Waals surface area (Å²) in [6, 6.07) is 16.2. The van der Waals surface area contributed by atoms with Crippen LogP contribution in [0.5, 0.6) is 5.75 Å². The molecule has 2 aromatic carbocycles. The summed E-state index contributed by atoms with van der Waals surface area (Å²) in [5, 5.41) is 3.08. The van der Waals surface area contributed by atoms with Crippen molar-refractivity contribution in [3.8, 4) is 5.75 Å². The zero-order chi connectivity index (χ0) is 19.3. The highest BCUT2D eigenvalue weighted by Gasteiger charge is 2.21. The number of aryl methyl sites for hydroxylation is 1. The first-order chi connectivity index (χ1) is 12.2. The highest BCUT2D eigenvalue weighted by atomic mass is 16.5. The van der Waals surface area contributed by atoms with Gasteiger partial charge < -0.3 is 10.1 Å². The van der Waals surface area contributed by atoms with Crippen molar-refractivity contribution in [2.75, 3.05) is 0 Å². The number of carbonyl (C=O) groups excluding carboxylic acids is 1. The van der Waals surface area contributed by atoms with Gasteiger partial charge in [-0.2, -0.15) is 0 Å². The molecule has 3 heteroatoms. The molecule has 0 spiro atoms. The van der Waals surface area contributed by atoms with Crippen LogP contribution in [-0.4, -0.2) is 12.0 Å². The fourth-order valence-corrected chi connectivity index (χ4v) is 2.84. The molecular weight excluding hydrogens is 322 g/mol. The third-order valence-corrected chi connectivity index (χ3v) is 4.57. The molecule has 0 radical (unpaired) electrons. The number of carbonyl (C=O) groups is 1. The van der Waals surface area contributed by atoms with Gasteiger partial charge in [0.2, 0.25) is 0 Å². The smallest absolute Gasteiger partial charge is 0.261 e. The summed E-state index contributed by atoms with van der Waals surface area (Å²) in [6.07, 6.45) is 0.128. The molecular formula is C23H31NO2. The Morgan fingerprint density at radius 1 is 1.12 bits per heavy atom. The van der Waals surface area contributed by atoms with E-state index in [1.54, 1.807) is 0 Å². The van der Waals surface area contributed by atoms with E-state index in [1.807, 2.05) is 45.0 Å². The van der Waals surface area contributed by atoms with E-state index >= 15 is 0 Å². The fraction of sp³-hybridized carbons (Fsp3) is 0.435. The molecule has 3 nitrogen and oxygen atoms in total. The third-order valence-electron chi connectivity index (χ3n) is 4.57. The molecule has 26 heavy (non-hydrogen) atoms. The van der Waals surface area contributed by atoms with Crippen LogP contribution < -0.4 is 10.1 Å². The highest BCUT2D eigenvalue weighted by molar-refractivity contribution is 5.81. The van der Waals surface area contributed by atoms with Gasteiger partial charge in [0, 0.05) is 0 Å². The summed E-state index contributed by atoms with van der Waals surface area (Å²) in [7, 11) is 0. The Morgan fingerprint density at radius 3 is 2.31 bits per heavy atom. The first-order valence-corrected chi connectivity index (χ1v) is 9.35. The normalized spacial score (nSPS) is 13.8. The second-order valence-electron chi connectivity index (χ2n) is 7.93. The Hall–Kier alpha value is -2.29. The van der Waals surface area contributed by atoms with Crippen LogP contribution in [0, 0.1) is 6.92 Å². The lowest BCUT2D eigenvalue weighted by Crippen LogP contribution is -2.39. The lowest BCUT2D eigenvalue weighted by Gasteiger charge is -2.22. The Bertz CT molecular complexity index is 729. The summed E-state index contributed by atoms with van der Waals surface area (Å²) in [5.41, 5.74) is 3.62. The standard InChI is InChI=1S/C23H31NO2/c1-7-21(26-20-10-8-9-16(2)15-20)22(25)24-17(3)18-11-13-19(14-12-18)23(4,5)6/h8-15,17,21H,7H2,1-6H3,(H,24,25)/t17-,21+/m0/s1. The minimum atomic E-state index is -0.493. The van der Waals surface area contributed by atoms with Crippen LogP contribution in [0.3, 0.4) is 0 Å². The minimum absolute atomic E-state index is 0.0633. The van der Waals surface area contributed by atoms with Crippen LogP contribution in [0.15, 0.2) is 48.5 Å². The highest BCUT2D eigenvalue weighted by Crippen LogP contribution is 2.24. The maximum absolute atomic E-state index is 12.6. The molecule has 1 amide bonds. The number of benzene rings is 2. The number of rotatable bonds is 6. The topological polar surface area (TPSA) is 38.3 Å². The third kappa shape index (κ3) is 5.35. The van der Waals surface area contributed by atoms with E-state index < -0.39 is 6.10 Å². The Labute approximate surface area is 157 Å². The zero-order valence-electron chi connectivity index (χ0n) is 16.8. The molecule has 2 rings (SSSR count). The molecule has 2 aromatic rings. The number of nitrogens with one attached hydrogen (secondary N) is 1. The average Bonchev–Trinajstić information content (AvgIpc) is 2.59. The SMILES string of the molecule is CC[C@@H](Oc1cccc(C)c1)C(=O)N[C@@H](C)c1ccc(C(C)(C)C)cc1. The average molecular weight is 354 g/mol. The lowest BCUT2D eigenvalue weighted by atomic mass is 9.86. The fourth-order valence-electron chi connectivity index (χ4n) is 2.84. The van der Waals surface area contributed by atoms with Crippen molar-refractivity contribution in [3.05, 3.63) is 65.2 Å². The number of hydrogen-bond donors (Lipinski definition) is 1. The van der Waals surface area contributed by atoms with Gasteiger partial charge in [-0.05, 0) is 54.5 Å². The van der Waals surface area contributed by atoms with Gasteiger partial charge in [-0.25, -0.2) is 0 Å². The monoisotopic (exact) mass is 353 g/mol. The molecule has 0 saturated heterocycles. The van der Waals surface area contributed by atoms with Crippen LogP contribution >= 0.6 is 0 Å². The van der Waals surface area contributed by atoms with Crippen molar-refractivity contribution in [3.63, 3.8) is 0 Å². The molecule has 0 aliphatic carbocycles. The van der Waals surface area contributed by atoms with E-state index in [-0.39, 0.29) is 17.4 Å². The zero-order valence-corrected chi connectivity index (χ0v) is 16.8. The van der Waals surface area contributed by atoms with E-state index in [9.17, 15) is 4.79 Å². The van der Waals surface area contributed by atoms with Gasteiger partial charge in [0.25, 0.3) is 5.91 Å². The van der Waals surface area contributed by atoms with Gasteiger partial charge in [0.15, 0.2) is 6.10 Å². The lowest BCUT2D eigenvalue weighted by molar-refractivity contribution is -0.128. The van der Waals surface area contributed by atoms with Crippen molar-refractivity contribution in [2.45, 2.75) is 65.5 Å². The van der Waals surface area contributed by atoms with E-state index in [0.29, 0.717) is 6.42 Å². The van der Waals surface area contributed by atoms with Crippen molar-refractivity contribution < 1.29 is 9.53 Å². The van der Waals surface area contributed by atoms with E-state index in [4.69, 9.17) is 4.74 Å². The maximum atomic E-state index is 12.6. The van der Waals surface area contributed by atoms with Gasteiger partial charge in [0.05, 0.1) is 6.04 Å². The molecule has 140 valence electrons. The molecule has 2 atom stereocenters. The molecule has 0 fully saturated rings. The summed E-state index contributed by atoms with van der Waals surface area (Å²) in [5.74, 6) is 0.649. The van der Waals surface area contributed by atoms with E-state index in [2.05, 4.69) is 50.4 Å². The number of ether oxygens (including phenoxy) is 1. The van der Waals surface area contributed by atoms with Gasteiger partial charge in [-0.15, -0.1) is 0 Å². The van der Waals surface area contributed by atoms with E-state index in [0.717, 1.165) is 16.9 Å². The van der Waals surface area contributed by atoms with Gasteiger partial charge in [-0.1, -0.05) is 64.1 Å². The first kappa shape index (κ1) is 20.0. The maximum Gasteiger partial charge on any atom is 0.261 e. The second kappa shape index (κ2) is 8.39. The van der Waals surface area contributed by atoms with Crippen molar-refractivity contribution in [2.24, 2.45) is 0 Å². The van der Waals surface area contributed by atoms with E-state index in [1.165, 1.54) is 5.56 Å². The number of hydrogen-bond acceptors (Lipinski definition) is 2. The Morgan fingerprint density at radius 2 is 1.77 bits per heavy atom. The quantitative estimate of drug-likeness (QED) is 0.762. The summed E-state index contributed by atoms with van der Waals surface area (Å²) in [6.45, 7) is 12.6. The molecule has 0 unspecified atom stereocenters. The largest absolute Gasteiger partial charge is 0.481 e. The van der Waals surface area contributed by atoms with Crippen LogP contribution in [0.25, 0.3) is 0 Å². The van der Waals surface area contributed by atoms with Gasteiger partial charge in [-0.3, -0.25) is 4.79 Å². The summed E-state index contributed by atoms with van der Waals surface area (Å²) in [4.78, 5) is 12.6. The van der Waals surface area contributed by atoms with Gasteiger partial charge >= 0.3 is 0 Å². The molecule has 0 aliphatic heterocycles. The molecule has 0 aromatic heterocycles. The molecule has 0 heterocycles. The Kier molecular flexibility index (Phi) is 6.47. The first-order valence-electron chi connectivity index (χ1n) is 9.35.